The van der Waals surface area contributed by atoms with Crippen molar-refractivity contribution in [1.82, 2.24) is 5.16 Å². The van der Waals surface area contributed by atoms with Crippen LogP contribution in [0.5, 0.6) is 0 Å². The van der Waals surface area contributed by atoms with Crippen LogP contribution in [-0.2, 0) is 4.79 Å². The van der Waals surface area contributed by atoms with Gasteiger partial charge in [0.15, 0.2) is 0 Å². The second-order valence-electron chi connectivity index (χ2n) is 8.14. The van der Waals surface area contributed by atoms with Crippen molar-refractivity contribution in [2.24, 2.45) is 5.92 Å². The molecule has 6 nitrogen and oxygen atoms in total. The maximum atomic E-state index is 13.9. The lowest BCUT2D eigenvalue weighted by molar-refractivity contribution is -0.119. The van der Waals surface area contributed by atoms with Gasteiger partial charge in [-0.3, -0.25) is 10.1 Å². The molecular formula is C22H20F2N4O2. The molecule has 1 aromatic carbocycles. The summed E-state index contributed by atoms with van der Waals surface area (Å²) < 4.78 is 33.1. The monoisotopic (exact) mass is 410 g/mol. The van der Waals surface area contributed by atoms with Crippen molar-refractivity contribution in [3.8, 4) is 12.1 Å². The van der Waals surface area contributed by atoms with Gasteiger partial charge in [0.25, 0.3) is 0 Å². The van der Waals surface area contributed by atoms with Crippen molar-refractivity contribution in [3.05, 3.63) is 46.6 Å². The minimum absolute atomic E-state index is 0.174. The number of rotatable bonds is 5. The van der Waals surface area contributed by atoms with Crippen molar-refractivity contribution in [2.75, 3.05) is 5.32 Å². The van der Waals surface area contributed by atoms with Crippen molar-refractivity contribution >= 4 is 11.8 Å². The molecule has 0 aliphatic heterocycles. The van der Waals surface area contributed by atoms with E-state index in [1.54, 1.807) is 6.07 Å². The highest BCUT2D eigenvalue weighted by molar-refractivity contribution is 5.95. The molecular weight excluding hydrogens is 390 g/mol. The van der Waals surface area contributed by atoms with Gasteiger partial charge in [0.1, 0.15) is 0 Å². The molecule has 0 saturated heterocycles. The van der Waals surface area contributed by atoms with E-state index in [0.717, 1.165) is 25.0 Å². The summed E-state index contributed by atoms with van der Waals surface area (Å²) in [4.78, 5) is 13.2. The molecule has 1 N–H and O–H groups in total. The molecule has 2 saturated carbocycles. The predicted molar refractivity (Wildman–Crippen MR) is 103 cm³/mol. The smallest absolute Gasteiger partial charge is 0.248 e. The average Bonchev–Trinajstić information content (AvgIpc) is 3.26. The Balaban J connectivity index is 1.63. The maximum Gasteiger partial charge on any atom is 0.248 e. The molecule has 1 amide bonds. The molecule has 2 fully saturated rings. The topological polar surface area (TPSA) is 103 Å². The Morgan fingerprint density at radius 1 is 1.17 bits per heavy atom. The molecule has 0 unspecified atom stereocenters. The second kappa shape index (κ2) is 7.87. The summed E-state index contributed by atoms with van der Waals surface area (Å²) in [5.74, 6) is -4.39. The van der Waals surface area contributed by atoms with E-state index >= 15 is 0 Å². The van der Waals surface area contributed by atoms with Gasteiger partial charge >= 0.3 is 0 Å². The number of hydrogen-bond acceptors (Lipinski definition) is 5. The molecule has 1 aromatic heterocycles. The van der Waals surface area contributed by atoms with E-state index in [-0.39, 0.29) is 29.9 Å². The quantitative estimate of drug-likeness (QED) is 0.759. The Kier molecular flexibility index (Phi) is 5.26. The molecule has 30 heavy (non-hydrogen) atoms. The normalized spacial score (nSPS) is 21.3. The van der Waals surface area contributed by atoms with Crippen LogP contribution in [0.15, 0.2) is 28.8 Å². The van der Waals surface area contributed by atoms with Gasteiger partial charge in [0.2, 0.25) is 17.7 Å². The number of nitriles is 2. The summed E-state index contributed by atoms with van der Waals surface area (Å²) >= 11 is 0. The standard InChI is InChI=1S/C22H20F2N4O2/c23-22(24)5-4-16(10-22)20(17-7-13(11-25)6-14(8-17)12-26)21(29)27-19-9-18(28-30-19)15-2-1-3-15/h6-9,15-16,20H,1-5,10H2,(H,27,29)/t16-,20-/m0/s1. The molecule has 154 valence electrons. The predicted octanol–water partition coefficient (Wildman–Crippen LogP) is 4.84. The average molecular weight is 410 g/mol. The summed E-state index contributed by atoms with van der Waals surface area (Å²) in [6.07, 6.45) is 2.64. The Morgan fingerprint density at radius 2 is 1.87 bits per heavy atom. The number of halogens is 2. The van der Waals surface area contributed by atoms with Gasteiger partial charge in [-0.2, -0.15) is 10.5 Å². The number of carbonyl (C=O) groups excluding carboxylic acids is 1. The Labute approximate surface area is 172 Å². The van der Waals surface area contributed by atoms with E-state index in [2.05, 4.69) is 10.5 Å². The van der Waals surface area contributed by atoms with Gasteiger partial charge in [0, 0.05) is 24.8 Å². The van der Waals surface area contributed by atoms with Crippen molar-refractivity contribution in [2.45, 2.75) is 56.3 Å². The van der Waals surface area contributed by atoms with E-state index < -0.39 is 30.1 Å². The Hall–Kier alpha value is -3.26. The zero-order chi connectivity index (χ0) is 21.3. The zero-order valence-electron chi connectivity index (χ0n) is 16.2. The highest BCUT2D eigenvalue weighted by Crippen LogP contribution is 2.46. The summed E-state index contributed by atoms with van der Waals surface area (Å²) in [6, 6.07) is 9.98. The van der Waals surface area contributed by atoms with Crippen LogP contribution < -0.4 is 5.32 Å². The van der Waals surface area contributed by atoms with Gasteiger partial charge in [-0.1, -0.05) is 11.6 Å². The fourth-order valence-electron chi connectivity index (χ4n) is 4.31. The number of alkyl halides is 2. The lowest BCUT2D eigenvalue weighted by Gasteiger charge is -2.23. The van der Waals surface area contributed by atoms with E-state index in [1.807, 2.05) is 12.1 Å². The molecule has 0 bridgehead atoms. The summed E-state index contributed by atoms with van der Waals surface area (Å²) in [6.45, 7) is 0. The number of amides is 1. The third-order valence-electron chi connectivity index (χ3n) is 6.07. The van der Waals surface area contributed by atoms with Crippen LogP contribution in [0.4, 0.5) is 14.7 Å². The van der Waals surface area contributed by atoms with Gasteiger partial charge in [-0.15, -0.1) is 0 Å². The van der Waals surface area contributed by atoms with E-state index in [4.69, 9.17) is 4.52 Å². The fourth-order valence-corrected chi connectivity index (χ4v) is 4.31. The first kappa shape index (κ1) is 20.0. The minimum Gasteiger partial charge on any atom is -0.338 e. The van der Waals surface area contributed by atoms with Crippen LogP contribution in [0, 0.1) is 28.6 Å². The second-order valence-corrected chi connectivity index (χ2v) is 8.14. The largest absolute Gasteiger partial charge is 0.338 e. The zero-order valence-corrected chi connectivity index (χ0v) is 16.2. The van der Waals surface area contributed by atoms with Crippen LogP contribution in [0.1, 0.15) is 72.7 Å². The molecule has 1 heterocycles. The number of hydrogen-bond donors (Lipinski definition) is 1. The van der Waals surface area contributed by atoms with E-state index in [0.29, 0.717) is 11.5 Å². The van der Waals surface area contributed by atoms with Crippen molar-refractivity contribution < 1.29 is 18.1 Å². The van der Waals surface area contributed by atoms with Crippen molar-refractivity contribution in [3.63, 3.8) is 0 Å². The minimum atomic E-state index is -2.84. The summed E-state index contributed by atoms with van der Waals surface area (Å²) in [5, 5.41) is 25.2. The number of anilines is 1. The van der Waals surface area contributed by atoms with Crippen LogP contribution in [-0.4, -0.2) is 17.0 Å². The van der Waals surface area contributed by atoms with Gasteiger partial charge in [-0.05, 0) is 48.9 Å². The van der Waals surface area contributed by atoms with Crippen LogP contribution in [0.25, 0.3) is 0 Å². The number of aromatic nitrogens is 1. The fraction of sp³-hybridized carbons (Fsp3) is 0.455. The summed E-state index contributed by atoms with van der Waals surface area (Å²) in [7, 11) is 0. The van der Waals surface area contributed by atoms with E-state index in [1.165, 1.54) is 18.2 Å². The molecule has 8 heteroatoms. The van der Waals surface area contributed by atoms with Crippen LogP contribution >= 0.6 is 0 Å². The van der Waals surface area contributed by atoms with Crippen LogP contribution in [0.3, 0.4) is 0 Å². The lowest BCUT2D eigenvalue weighted by Crippen LogP contribution is -2.27. The Bertz CT molecular complexity index is 1010. The van der Waals surface area contributed by atoms with Gasteiger partial charge in [0.05, 0.1) is 34.9 Å². The molecule has 0 spiro atoms. The number of benzene rings is 1. The third kappa shape index (κ3) is 4.04. The Morgan fingerprint density at radius 3 is 2.40 bits per heavy atom. The number of carbonyl (C=O) groups is 1. The van der Waals surface area contributed by atoms with Crippen molar-refractivity contribution in [1.29, 1.82) is 10.5 Å². The van der Waals surface area contributed by atoms with Crippen LogP contribution in [0.2, 0.25) is 0 Å². The van der Waals surface area contributed by atoms with E-state index in [9.17, 15) is 24.1 Å². The first-order valence-electron chi connectivity index (χ1n) is 9.99. The first-order chi connectivity index (χ1) is 14.4. The summed E-state index contributed by atoms with van der Waals surface area (Å²) in [5.41, 5.74) is 1.57. The SMILES string of the molecule is N#Cc1cc(C#N)cc([C@@H](C(=O)Nc2cc(C3CCC3)no2)[C@H]2CCC(F)(F)C2)c1. The first-order valence-corrected chi connectivity index (χ1v) is 9.99. The highest BCUT2D eigenvalue weighted by Gasteiger charge is 2.45. The third-order valence-corrected chi connectivity index (χ3v) is 6.07. The lowest BCUT2D eigenvalue weighted by atomic mass is 9.82. The molecule has 0 radical (unpaired) electrons. The molecule has 2 aromatic rings. The molecule has 2 atom stereocenters. The van der Waals surface area contributed by atoms with Gasteiger partial charge < -0.3 is 4.52 Å². The van der Waals surface area contributed by atoms with Gasteiger partial charge in [-0.25, -0.2) is 8.78 Å². The highest BCUT2D eigenvalue weighted by atomic mass is 19.3. The number of nitrogens with one attached hydrogen (secondary N) is 1. The number of nitrogens with zero attached hydrogens (tertiary/aromatic N) is 3. The molecule has 2 aliphatic carbocycles. The molecule has 4 rings (SSSR count). The molecule has 2 aliphatic rings. The maximum absolute atomic E-state index is 13.9.